The zero-order valence-electron chi connectivity index (χ0n) is 15.0. The number of carbonyl (C=O) groups is 2. The van der Waals surface area contributed by atoms with Crippen molar-refractivity contribution in [3.8, 4) is 0 Å². The van der Waals surface area contributed by atoms with Gasteiger partial charge in [0.25, 0.3) is 0 Å². The van der Waals surface area contributed by atoms with E-state index >= 15 is 0 Å². The van der Waals surface area contributed by atoms with Crippen molar-refractivity contribution in [1.82, 2.24) is 4.90 Å². The normalized spacial score (nSPS) is 22.8. The standard InChI is InChI=1S/C20H26ClNO4/c21-17-6-4-16(5-7-17)20(9-12-26-13-10-20)19(25)22-11-1-2-15(14-22)3-8-18(23)24/h4-7,15H,1-3,8-14H2,(H,23,24)/t15-/m0/s1. The third-order valence-corrected chi connectivity index (χ3v) is 5.98. The molecule has 1 aromatic rings. The van der Waals surface area contributed by atoms with E-state index in [2.05, 4.69) is 0 Å². The fourth-order valence-corrected chi connectivity index (χ4v) is 4.36. The highest BCUT2D eigenvalue weighted by atomic mass is 35.5. The van der Waals surface area contributed by atoms with Crippen LogP contribution in [0.15, 0.2) is 24.3 Å². The van der Waals surface area contributed by atoms with Crippen LogP contribution in [-0.2, 0) is 19.7 Å². The van der Waals surface area contributed by atoms with Crippen LogP contribution >= 0.6 is 11.6 Å². The van der Waals surface area contributed by atoms with E-state index in [1.165, 1.54) is 0 Å². The number of ether oxygens (including phenoxy) is 1. The Hall–Kier alpha value is -1.59. The number of hydrogen-bond donors (Lipinski definition) is 1. The first kappa shape index (κ1) is 19.2. The molecule has 0 unspecified atom stereocenters. The molecule has 2 saturated heterocycles. The number of aliphatic carboxylic acids is 1. The van der Waals surface area contributed by atoms with Crippen molar-refractivity contribution in [3.63, 3.8) is 0 Å². The summed E-state index contributed by atoms with van der Waals surface area (Å²) >= 11 is 6.04. The van der Waals surface area contributed by atoms with Crippen molar-refractivity contribution < 1.29 is 19.4 Å². The van der Waals surface area contributed by atoms with Crippen molar-refractivity contribution in [3.05, 3.63) is 34.9 Å². The number of carboxylic acids is 1. The van der Waals surface area contributed by atoms with Gasteiger partial charge in [-0.3, -0.25) is 9.59 Å². The van der Waals surface area contributed by atoms with Crippen molar-refractivity contribution in [2.45, 2.75) is 43.9 Å². The number of amides is 1. The molecule has 26 heavy (non-hydrogen) atoms. The average molecular weight is 380 g/mol. The maximum absolute atomic E-state index is 13.6. The van der Waals surface area contributed by atoms with E-state index in [0.29, 0.717) is 44.0 Å². The topological polar surface area (TPSA) is 66.8 Å². The third-order valence-electron chi connectivity index (χ3n) is 5.73. The minimum atomic E-state index is -0.768. The molecule has 1 N–H and O–H groups in total. The summed E-state index contributed by atoms with van der Waals surface area (Å²) in [6, 6.07) is 7.59. The minimum absolute atomic E-state index is 0.156. The number of likely N-dealkylation sites (tertiary alicyclic amines) is 1. The number of benzene rings is 1. The number of carbonyl (C=O) groups excluding carboxylic acids is 1. The molecule has 2 fully saturated rings. The van der Waals surface area contributed by atoms with Crippen LogP contribution < -0.4 is 0 Å². The van der Waals surface area contributed by atoms with Crippen LogP contribution in [0.5, 0.6) is 0 Å². The predicted octanol–water partition coefficient (Wildman–Crippen LogP) is 3.49. The Labute approximate surface area is 159 Å². The lowest BCUT2D eigenvalue weighted by Crippen LogP contribution is -2.52. The summed E-state index contributed by atoms with van der Waals surface area (Å²) in [7, 11) is 0. The van der Waals surface area contributed by atoms with Gasteiger partial charge in [-0.1, -0.05) is 23.7 Å². The fourth-order valence-electron chi connectivity index (χ4n) is 4.23. The molecule has 2 aliphatic rings. The first-order valence-electron chi connectivity index (χ1n) is 9.36. The highest BCUT2D eigenvalue weighted by Crippen LogP contribution is 2.38. The van der Waals surface area contributed by atoms with Gasteiger partial charge in [-0.15, -0.1) is 0 Å². The monoisotopic (exact) mass is 379 g/mol. The van der Waals surface area contributed by atoms with Gasteiger partial charge in [0.15, 0.2) is 0 Å². The van der Waals surface area contributed by atoms with Crippen LogP contribution in [0.2, 0.25) is 5.02 Å². The SMILES string of the molecule is O=C(O)CC[C@@H]1CCCN(C(=O)C2(c3ccc(Cl)cc3)CCOCC2)C1. The Morgan fingerprint density at radius 3 is 2.58 bits per heavy atom. The molecule has 2 heterocycles. The quantitative estimate of drug-likeness (QED) is 0.850. The van der Waals surface area contributed by atoms with Crippen molar-refractivity contribution in [1.29, 1.82) is 0 Å². The number of carboxylic acid groups (broad SMARTS) is 1. The predicted molar refractivity (Wildman–Crippen MR) is 99.4 cm³/mol. The van der Waals surface area contributed by atoms with Gasteiger partial charge < -0.3 is 14.7 Å². The highest BCUT2D eigenvalue weighted by Gasteiger charge is 2.44. The minimum Gasteiger partial charge on any atom is -0.481 e. The van der Waals surface area contributed by atoms with E-state index in [9.17, 15) is 9.59 Å². The summed E-state index contributed by atoms with van der Waals surface area (Å²) in [6.45, 7) is 2.55. The maximum atomic E-state index is 13.6. The number of nitrogens with zero attached hydrogens (tertiary/aromatic N) is 1. The van der Waals surface area contributed by atoms with Gasteiger partial charge in [-0.2, -0.15) is 0 Å². The Morgan fingerprint density at radius 2 is 1.92 bits per heavy atom. The third kappa shape index (κ3) is 4.21. The van der Waals surface area contributed by atoms with Gasteiger partial charge >= 0.3 is 5.97 Å². The van der Waals surface area contributed by atoms with E-state index in [0.717, 1.165) is 24.9 Å². The molecule has 0 spiro atoms. The number of hydrogen-bond acceptors (Lipinski definition) is 3. The molecular formula is C20H26ClNO4. The molecule has 0 aromatic heterocycles. The summed E-state index contributed by atoms with van der Waals surface area (Å²) in [5.41, 5.74) is 0.445. The molecule has 6 heteroatoms. The lowest BCUT2D eigenvalue weighted by molar-refractivity contribution is -0.143. The van der Waals surface area contributed by atoms with Crippen molar-refractivity contribution in [2.75, 3.05) is 26.3 Å². The number of rotatable bonds is 5. The first-order chi connectivity index (χ1) is 12.5. The molecule has 142 valence electrons. The van der Waals surface area contributed by atoms with Crippen LogP contribution in [0.4, 0.5) is 0 Å². The fraction of sp³-hybridized carbons (Fsp3) is 0.600. The summed E-state index contributed by atoms with van der Waals surface area (Å²) in [6.07, 6.45) is 4.07. The van der Waals surface area contributed by atoms with Gasteiger partial charge in [0.1, 0.15) is 0 Å². The van der Waals surface area contributed by atoms with Crippen LogP contribution in [0, 0.1) is 5.92 Å². The first-order valence-corrected chi connectivity index (χ1v) is 9.74. The van der Waals surface area contributed by atoms with E-state index < -0.39 is 11.4 Å². The molecule has 1 amide bonds. The number of piperidine rings is 1. The second kappa shape index (κ2) is 8.40. The van der Waals surface area contributed by atoms with Gasteiger partial charge in [0.05, 0.1) is 5.41 Å². The molecule has 1 atom stereocenters. The summed E-state index contributed by atoms with van der Waals surface area (Å²) in [5.74, 6) is -0.343. The van der Waals surface area contributed by atoms with Crippen LogP contribution in [0.1, 0.15) is 44.1 Å². The van der Waals surface area contributed by atoms with E-state index in [1.807, 2.05) is 29.2 Å². The van der Waals surface area contributed by atoms with Gasteiger partial charge in [-0.05, 0) is 55.7 Å². The molecule has 5 nitrogen and oxygen atoms in total. The van der Waals surface area contributed by atoms with Crippen LogP contribution in [0.25, 0.3) is 0 Å². The smallest absolute Gasteiger partial charge is 0.303 e. The lowest BCUT2D eigenvalue weighted by atomic mass is 9.72. The molecule has 0 aliphatic carbocycles. The average Bonchev–Trinajstić information content (AvgIpc) is 2.67. The molecular weight excluding hydrogens is 354 g/mol. The lowest BCUT2D eigenvalue weighted by Gasteiger charge is -2.43. The van der Waals surface area contributed by atoms with Crippen molar-refractivity contribution >= 4 is 23.5 Å². The molecule has 0 radical (unpaired) electrons. The zero-order chi connectivity index (χ0) is 18.6. The van der Waals surface area contributed by atoms with Crippen LogP contribution in [0.3, 0.4) is 0 Å². The molecule has 0 saturated carbocycles. The maximum Gasteiger partial charge on any atom is 0.303 e. The molecule has 2 aliphatic heterocycles. The summed E-state index contributed by atoms with van der Waals surface area (Å²) < 4.78 is 5.53. The Morgan fingerprint density at radius 1 is 1.23 bits per heavy atom. The zero-order valence-corrected chi connectivity index (χ0v) is 15.7. The van der Waals surface area contributed by atoms with E-state index in [4.69, 9.17) is 21.4 Å². The van der Waals surface area contributed by atoms with Gasteiger partial charge in [0, 0.05) is 37.7 Å². The second-order valence-corrected chi connectivity index (χ2v) is 7.83. The Kier molecular flexibility index (Phi) is 6.20. The van der Waals surface area contributed by atoms with Gasteiger partial charge in [-0.25, -0.2) is 0 Å². The molecule has 3 rings (SSSR count). The second-order valence-electron chi connectivity index (χ2n) is 7.39. The van der Waals surface area contributed by atoms with Crippen LogP contribution in [-0.4, -0.2) is 48.2 Å². The van der Waals surface area contributed by atoms with E-state index in [-0.39, 0.29) is 18.2 Å². The number of halogens is 1. The van der Waals surface area contributed by atoms with E-state index in [1.54, 1.807) is 0 Å². The Bertz CT molecular complexity index is 640. The summed E-state index contributed by atoms with van der Waals surface area (Å²) in [5, 5.41) is 9.59. The molecule has 1 aromatic carbocycles. The summed E-state index contributed by atoms with van der Waals surface area (Å²) in [4.78, 5) is 26.4. The molecule has 0 bridgehead atoms. The van der Waals surface area contributed by atoms with Crippen molar-refractivity contribution in [2.24, 2.45) is 5.92 Å². The highest BCUT2D eigenvalue weighted by molar-refractivity contribution is 6.30. The largest absolute Gasteiger partial charge is 0.481 e. The Balaban J connectivity index is 1.79. The van der Waals surface area contributed by atoms with Gasteiger partial charge in [0.2, 0.25) is 5.91 Å².